The monoisotopic (exact) mass is 391 g/mol. The van der Waals surface area contributed by atoms with Crippen LogP contribution in [0.1, 0.15) is 44.1 Å². The Bertz CT molecular complexity index is 684. The second-order valence-electron chi connectivity index (χ2n) is 8.31. The van der Waals surface area contributed by atoms with Crippen LogP contribution < -0.4 is 14.8 Å². The van der Waals surface area contributed by atoms with Gasteiger partial charge < -0.3 is 25.0 Å². The summed E-state index contributed by atoms with van der Waals surface area (Å²) in [5.41, 5.74) is 1.60. The molecule has 0 unspecified atom stereocenters. The predicted molar refractivity (Wildman–Crippen MR) is 103 cm³/mol. The fourth-order valence-electron chi connectivity index (χ4n) is 5.70. The smallest absolute Gasteiger partial charge is 0.414 e. The minimum atomic E-state index is -1.82. The Morgan fingerprint density at radius 2 is 1.54 bits per heavy atom. The first-order valence-electron chi connectivity index (χ1n) is 9.77. The molecule has 4 saturated carbocycles. The molecule has 0 spiro atoms. The lowest BCUT2D eigenvalue weighted by atomic mass is 9.53. The highest BCUT2D eigenvalue weighted by molar-refractivity contribution is 6.27. The number of rotatable bonds is 5. The number of benzene rings is 1. The quantitative estimate of drug-likeness (QED) is 0.663. The van der Waals surface area contributed by atoms with Gasteiger partial charge in [-0.05, 0) is 62.3 Å². The number of carboxylic acids is 2. The standard InChI is InChI=1S/C19H27NO2.C2H2O4/c1-21-17-5-3-4-16(18(17)22-2)12-20-19-9-13-6-14(10-19)8-15(7-13)11-19;3-1(4)2(5)6/h3-5,13-15,20H,6-12H2,1-2H3;(H,3,4)(H,5,6). The lowest BCUT2D eigenvalue weighted by Gasteiger charge is -2.57. The van der Waals surface area contributed by atoms with E-state index in [1.807, 2.05) is 6.07 Å². The van der Waals surface area contributed by atoms with Crippen molar-refractivity contribution in [1.82, 2.24) is 5.32 Å². The first-order chi connectivity index (χ1) is 13.4. The fourth-order valence-corrected chi connectivity index (χ4v) is 5.70. The zero-order valence-corrected chi connectivity index (χ0v) is 16.4. The highest BCUT2D eigenvalue weighted by Crippen LogP contribution is 2.55. The summed E-state index contributed by atoms with van der Waals surface area (Å²) in [5.74, 6) is 0.988. The van der Waals surface area contributed by atoms with Gasteiger partial charge in [0.05, 0.1) is 14.2 Å². The molecule has 0 amide bonds. The van der Waals surface area contributed by atoms with Gasteiger partial charge in [-0.2, -0.15) is 0 Å². The molecule has 5 rings (SSSR count). The summed E-state index contributed by atoms with van der Waals surface area (Å²) in [6, 6.07) is 6.17. The van der Waals surface area contributed by atoms with E-state index >= 15 is 0 Å². The van der Waals surface area contributed by atoms with E-state index in [1.54, 1.807) is 14.2 Å². The molecule has 0 aliphatic heterocycles. The molecule has 0 radical (unpaired) electrons. The maximum atomic E-state index is 9.10. The van der Waals surface area contributed by atoms with E-state index in [0.717, 1.165) is 35.8 Å². The number of hydrogen-bond donors (Lipinski definition) is 3. The molecule has 7 nitrogen and oxygen atoms in total. The molecule has 0 saturated heterocycles. The summed E-state index contributed by atoms with van der Waals surface area (Å²) in [6.07, 6.45) is 8.61. The van der Waals surface area contributed by atoms with Crippen molar-refractivity contribution in [3.8, 4) is 11.5 Å². The molecule has 1 aromatic rings. The van der Waals surface area contributed by atoms with Crippen LogP contribution in [0.5, 0.6) is 11.5 Å². The first kappa shape index (κ1) is 20.5. The van der Waals surface area contributed by atoms with Gasteiger partial charge in [-0.1, -0.05) is 12.1 Å². The normalized spacial score (nSPS) is 29.6. The van der Waals surface area contributed by atoms with Gasteiger partial charge in [0.15, 0.2) is 11.5 Å². The van der Waals surface area contributed by atoms with Crippen LogP contribution in [0.15, 0.2) is 18.2 Å². The Morgan fingerprint density at radius 3 is 1.96 bits per heavy atom. The molecule has 3 N–H and O–H groups in total. The summed E-state index contributed by atoms with van der Waals surface area (Å²) >= 11 is 0. The average Bonchev–Trinajstić information content (AvgIpc) is 2.65. The minimum absolute atomic E-state index is 0.392. The molecule has 0 atom stereocenters. The molecule has 4 fully saturated rings. The Balaban J connectivity index is 0.000000330. The third-order valence-corrected chi connectivity index (χ3v) is 6.36. The Morgan fingerprint density at radius 1 is 1.00 bits per heavy atom. The van der Waals surface area contributed by atoms with Crippen molar-refractivity contribution < 1.29 is 29.3 Å². The lowest BCUT2D eigenvalue weighted by Crippen LogP contribution is -2.58. The van der Waals surface area contributed by atoms with Crippen LogP contribution in [0.25, 0.3) is 0 Å². The number of carbonyl (C=O) groups is 2. The highest BCUT2D eigenvalue weighted by atomic mass is 16.5. The third kappa shape index (κ3) is 4.41. The highest BCUT2D eigenvalue weighted by Gasteiger charge is 2.50. The van der Waals surface area contributed by atoms with Crippen LogP contribution in [0.4, 0.5) is 0 Å². The van der Waals surface area contributed by atoms with Gasteiger partial charge in [0.25, 0.3) is 0 Å². The number of hydrogen-bond acceptors (Lipinski definition) is 5. The number of methoxy groups -OCH3 is 2. The first-order valence-corrected chi connectivity index (χ1v) is 9.77. The minimum Gasteiger partial charge on any atom is -0.493 e. The molecular formula is C21H29NO6. The number of ether oxygens (including phenoxy) is 2. The van der Waals surface area contributed by atoms with Crippen molar-refractivity contribution >= 4 is 11.9 Å². The van der Waals surface area contributed by atoms with E-state index in [-0.39, 0.29) is 0 Å². The maximum absolute atomic E-state index is 9.10. The molecule has 4 aliphatic rings. The fraction of sp³-hybridized carbons (Fsp3) is 0.619. The van der Waals surface area contributed by atoms with E-state index in [1.165, 1.54) is 44.1 Å². The molecule has 7 heteroatoms. The SMILES string of the molecule is COc1cccc(CNC23CC4CC(CC(C4)C2)C3)c1OC.O=C(O)C(=O)O. The second kappa shape index (κ2) is 8.39. The lowest BCUT2D eigenvalue weighted by molar-refractivity contribution is -0.159. The number of aliphatic carboxylic acids is 2. The van der Waals surface area contributed by atoms with Crippen LogP contribution in [0.3, 0.4) is 0 Å². The predicted octanol–water partition coefficient (Wildman–Crippen LogP) is 2.92. The molecule has 0 heterocycles. The molecule has 1 aromatic carbocycles. The van der Waals surface area contributed by atoms with Gasteiger partial charge in [0, 0.05) is 17.6 Å². The van der Waals surface area contributed by atoms with Crippen LogP contribution >= 0.6 is 0 Å². The summed E-state index contributed by atoms with van der Waals surface area (Å²) < 4.78 is 11.0. The molecule has 0 aromatic heterocycles. The van der Waals surface area contributed by atoms with Gasteiger partial charge in [-0.3, -0.25) is 0 Å². The topological polar surface area (TPSA) is 105 Å². The van der Waals surface area contributed by atoms with E-state index < -0.39 is 11.9 Å². The maximum Gasteiger partial charge on any atom is 0.414 e. The third-order valence-electron chi connectivity index (χ3n) is 6.36. The molecule has 4 bridgehead atoms. The molecule has 4 aliphatic carbocycles. The Kier molecular flexibility index (Phi) is 6.13. The average molecular weight is 391 g/mol. The number of para-hydroxylation sites is 1. The van der Waals surface area contributed by atoms with Crippen LogP contribution in [-0.2, 0) is 16.1 Å². The van der Waals surface area contributed by atoms with Crippen molar-refractivity contribution in [2.24, 2.45) is 17.8 Å². The van der Waals surface area contributed by atoms with Gasteiger partial charge in [0.1, 0.15) is 0 Å². The number of nitrogens with one attached hydrogen (secondary N) is 1. The molecular weight excluding hydrogens is 362 g/mol. The largest absolute Gasteiger partial charge is 0.493 e. The summed E-state index contributed by atoms with van der Waals surface area (Å²) in [5, 5.41) is 18.7. The Hall–Kier alpha value is -2.28. The molecule has 154 valence electrons. The summed E-state index contributed by atoms with van der Waals surface area (Å²) in [6.45, 7) is 0.881. The Labute approximate surface area is 165 Å². The van der Waals surface area contributed by atoms with Gasteiger partial charge in [0.2, 0.25) is 0 Å². The van der Waals surface area contributed by atoms with Crippen LogP contribution in [0, 0.1) is 17.8 Å². The van der Waals surface area contributed by atoms with Crippen LogP contribution in [0.2, 0.25) is 0 Å². The van der Waals surface area contributed by atoms with Gasteiger partial charge >= 0.3 is 11.9 Å². The van der Waals surface area contributed by atoms with Crippen molar-refractivity contribution in [1.29, 1.82) is 0 Å². The van der Waals surface area contributed by atoms with Crippen molar-refractivity contribution in [3.05, 3.63) is 23.8 Å². The van der Waals surface area contributed by atoms with E-state index in [9.17, 15) is 0 Å². The van der Waals surface area contributed by atoms with E-state index in [0.29, 0.717) is 5.54 Å². The van der Waals surface area contributed by atoms with Gasteiger partial charge in [-0.15, -0.1) is 0 Å². The van der Waals surface area contributed by atoms with E-state index in [2.05, 4.69) is 17.4 Å². The summed E-state index contributed by atoms with van der Waals surface area (Å²) in [7, 11) is 3.43. The van der Waals surface area contributed by atoms with E-state index in [4.69, 9.17) is 29.3 Å². The van der Waals surface area contributed by atoms with Gasteiger partial charge in [-0.25, -0.2) is 9.59 Å². The molecule has 28 heavy (non-hydrogen) atoms. The second-order valence-corrected chi connectivity index (χ2v) is 8.31. The van der Waals surface area contributed by atoms with Crippen molar-refractivity contribution in [2.45, 2.75) is 50.6 Å². The number of carboxylic acid groups (broad SMARTS) is 2. The summed E-state index contributed by atoms with van der Waals surface area (Å²) in [4.78, 5) is 18.2. The van der Waals surface area contributed by atoms with Crippen molar-refractivity contribution in [3.63, 3.8) is 0 Å². The van der Waals surface area contributed by atoms with Crippen LogP contribution in [-0.4, -0.2) is 41.9 Å². The van der Waals surface area contributed by atoms with Crippen molar-refractivity contribution in [2.75, 3.05) is 14.2 Å². The zero-order chi connectivity index (χ0) is 20.3. The zero-order valence-electron chi connectivity index (χ0n) is 16.4.